The van der Waals surface area contributed by atoms with Crippen molar-refractivity contribution in [1.29, 1.82) is 0 Å². The van der Waals surface area contributed by atoms with E-state index in [0.29, 0.717) is 22.4 Å². The Morgan fingerprint density at radius 2 is 2.18 bits per heavy atom. The third-order valence-electron chi connectivity index (χ3n) is 2.60. The summed E-state index contributed by atoms with van der Waals surface area (Å²) in [6.07, 6.45) is 0. The van der Waals surface area contributed by atoms with Crippen LogP contribution in [0, 0.1) is 5.92 Å². The van der Waals surface area contributed by atoms with Crippen LogP contribution in [0.15, 0.2) is 18.2 Å². The summed E-state index contributed by atoms with van der Waals surface area (Å²) in [5, 5.41) is 4.47. The van der Waals surface area contributed by atoms with Crippen molar-refractivity contribution < 1.29 is 4.74 Å². The minimum Gasteiger partial charge on any atom is -0.491 e. The van der Waals surface area contributed by atoms with Crippen molar-refractivity contribution in [3.63, 3.8) is 0 Å². The van der Waals surface area contributed by atoms with E-state index in [2.05, 4.69) is 5.32 Å². The summed E-state index contributed by atoms with van der Waals surface area (Å²) in [7, 11) is 0. The molecule has 1 fully saturated rings. The summed E-state index contributed by atoms with van der Waals surface area (Å²) in [5.74, 6) is 3.77. The monoisotopic (exact) mass is 291 g/mol. The highest BCUT2D eigenvalue weighted by atomic mass is 35.5. The molecule has 0 aliphatic carbocycles. The van der Waals surface area contributed by atoms with Crippen LogP contribution in [0.25, 0.3) is 0 Å². The van der Waals surface area contributed by atoms with Crippen molar-refractivity contribution in [2.75, 3.05) is 31.2 Å². The first kappa shape index (κ1) is 13.3. The van der Waals surface area contributed by atoms with E-state index in [-0.39, 0.29) is 0 Å². The van der Waals surface area contributed by atoms with Crippen LogP contribution in [0.2, 0.25) is 10.0 Å². The fraction of sp³-hybridized carbons (Fsp3) is 0.500. The Hall–Kier alpha value is -0.0900. The van der Waals surface area contributed by atoms with Gasteiger partial charge >= 0.3 is 0 Å². The number of ether oxygens (including phenoxy) is 1. The zero-order valence-electron chi connectivity index (χ0n) is 9.42. The maximum atomic E-state index is 6.00. The lowest BCUT2D eigenvalue weighted by atomic mass is 10.1. The van der Waals surface area contributed by atoms with Crippen molar-refractivity contribution in [2.24, 2.45) is 5.92 Å². The van der Waals surface area contributed by atoms with Crippen LogP contribution in [-0.2, 0) is 0 Å². The van der Waals surface area contributed by atoms with Crippen LogP contribution in [0.5, 0.6) is 5.75 Å². The van der Waals surface area contributed by atoms with Gasteiger partial charge in [-0.3, -0.25) is 0 Å². The molecule has 2 nitrogen and oxygen atoms in total. The van der Waals surface area contributed by atoms with Crippen molar-refractivity contribution >= 4 is 35.0 Å². The second-order valence-corrected chi connectivity index (χ2v) is 6.02. The minimum atomic E-state index is 0.575. The molecule has 1 N–H and O–H groups in total. The highest BCUT2D eigenvalue weighted by Crippen LogP contribution is 2.27. The molecule has 1 aromatic carbocycles. The van der Waals surface area contributed by atoms with Gasteiger partial charge < -0.3 is 10.1 Å². The number of benzene rings is 1. The maximum Gasteiger partial charge on any atom is 0.138 e. The first-order valence-electron chi connectivity index (χ1n) is 5.62. The molecule has 0 spiro atoms. The molecule has 0 saturated carbocycles. The second kappa shape index (κ2) is 6.74. The third-order valence-corrected chi connectivity index (χ3v) is 4.29. The van der Waals surface area contributed by atoms with Gasteiger partial charge in [0.15, 0.2) is 0 Å². The van der Waals surface area contributed by atoms with Gasteiger partial charge in [-0.1, -0.05) is 23.2 Å². The third kappa shape index (κ3) is 4.25. The first-order valence-corrected chi connectivity index (χ1v) is 7.53. The lowest BCUT2D eigenvalue weighted by Crippen LogP contribution is -2.43. The Morgan fingerprint density at radius 1 is 1.35 bits per heavy atom. The average Bonchev–Trinajstić information content (AvgIpc) is 2.23. The minimum absolute atomic E-state index is 0.575. The average molecular weight is 292 g/mol. The normalized spacial score (nSPS) is 15.6. The molecule has 17 heavy (non-hydrogen) atoms. The van der Waals surface area contributed by atoms with Gasteiger partial charge in [0.25, 0.3) is 0 Å². The highest BCUT2D eigenvalue weighted by Gasteiger charge is 2.15. The summed E-state index contributed by atoms with van der Waals surface area (Å²) in [6, 6.07) is 5.30. The largest absolute Gasteiger partial charge is 0.491 e. The number of halogens is 2. The highest BCUT2D eigenvalue weighted by molar-refractivity contribution is 7.99. The van der Waals surface area contributed by atoms with Crippen molar-refractivity contribution in [3.8, 4) is 5.75 Å². The van der Waals surface area contributed by atoms with E-state index in [4.69, 9.17) is 27.9 Å². The van der Waals surface area contributed by atoms with Gasteiger partial charge in [-0.2, -0.15) is 11.8 Å². The predicted molar refractivity (Wildman–Crippen MR) is 75.6 cm³/mol. The van der Waals surface area contributed by atoms with Gasteiger partial charge in [0.05, 0.1) is 11.6 Å². The maximum absolute atomic E-state index is 6.00. The van der Waals surface area contributed by atoms with E-state index in [9.17, 15) is 0 Å². The predicted octanol–water partition coefficient (Wildman–Crippen LogP) is 3.32. The topological polar surface area (TPSA) is 21.3 Å². The molecule has 2 rings (SSSR count). The van der Waals surface area contributed by atoms with Gasteiger partial charge in [-0.25, -0.2) is 0 Å². The summed E-state index contributed by atoms with van der Waals surface area (Å²) in [6.45, 7) is 3.01. The van der Waals surface area contributed by atoms with Gasteiger partial charge in [0.2, 0.25) is 0 Å². The fourth-order valence-corrected chi connectivity index (χ4v) is 2.92. The second-order valence-electron chi connectivity index (χ2n) is 4.02. The molecule has 0 bridgehead atoms. The van der Waals surface area contributed by atoms with Crippen molar-refractivity contribution in [2.45, 2.75) is 0 Å². The summed E-state index contributed by atoms with van der Waals surface area (Å²) in [5.41, 5.74) is 0. The van der Waals surface area contributed by atoms with Gasteiger partial charge in [0.1, 0.15) is 5.75 Å². The summed E-state index contributed by atoms with van der Waals surface area (Å²) in [4.78, 5) is 0. The molecule has 94 valence electrons. The van der Waals surface area contributed by atoms with E-state index < -0.39 is 0 Å². The molecule has 0 aromatic heterocycles. The molecule has 1 aliphatic rings. The number of hydrogen-bond acceptors (Lipinski definition) is 3. The van der Waals surface area contributed by atoms with Crippen LogP contribution < -0.4 is 10.1 Å². The van der Waals surface area contributed by atoms with Crippen LogP contribution in [0.4, 0.5) is 0 Å². The molecule has 0 amide bonds. The van der Waals surface area contributed by atoms with E-state index in [1.165, 1.54) is 5.75 Å². The van der Waals surface area contributed by atoms with Crippen LogP contribution in [-0.4, -0.2) is 31.2 Å². The van der Waals surface area contributed by atoms with Gasteiger partial charge in [-0.05, 0) is 43.0 Å². The zero-order chi connectivity index (χ0) is 12.1. The van der Waals surface area contributed by atoms with E-state index >= 15 is 0 Å². The molecule has 1 aromatic rings. The Bertz CT molecular complexity index is 372. The molecule has 5 heteroatoms. The smallest absolute Gasteiger partial charge is 0.138 e. The molecule has 0 radical (unpaired) electrons. The molecule has 1 heterocycles. The zero-order valence-corrected chi connectivity index (χ0v) is 11.7. The van der Waals surface area contributed by atoms with Crippen LogP contribution in [0.1, 0.15) is 0 Å². The summed E-state index contributed by atoms with van der Waals surface area (Å²) < 4.78 is 5.60. The quantitative estimate of drug-likeness (QED) is 0.813. The molecular weight excluding hydrogens is 277 g/mol. The number of nitrogens with one attached hydrogen (secondary N) is 1. The Balaban J connectivity index is 1.63. The SMILES string of the molecule is Clc1ccc(OCCSCC2CNC2)c(Cl)c1. The molecule has 1 saturated heterocycles. The Labute approximate surface area is 116 Å². The fourth-order valence-electron chi connectivity index (χ4n) is 1.52. The lowest BCUT2D eigenvalue weighted by Gasteiger charge is -2.26. The molecule has 1 aliphatic heterocycles. The Kier molecular flexibility index (Phi) is 5.29. The molecule has 0 atom stereocenters. The van der Waals surface area contributed by atoms with Crippen LogP contribution in [0.3, 0.4) is 0 Å². The number of hydrogen-bond donors (Lipinski definition) is 1. The number of rotatable bonds is 6. The lowest BCUT2D eigenvalue weighted by molar-refractivity contribution is 0.343. The number of thioether (sulfide) groups is 1. The standard InChI is InChI=1S/C12H15Cl2NOS/c13-10-1-2-12(11(14)5-10)16-3-4-17-8-9-6-15-7-9/h1-2,5,9,15H,3-4,6-8H2. The van der Waals surface area contributed by atoms with Crippen molar-refractivity contribution in [1.82, 2.24) is 5.32 Å². The van der Waals surface area contributed by atoms with Gasteiger partial charge in [0, 0.05) is 10.8 Å². The van der Waals surface area contributed by atoms with Crippen LogP contribution >= 0.6 is 35.0 Å². The summed E-state index contributed by atoms with van der Waals surface area (Å²) >= 11 is 13.7. The Morgan fingerprint density at radius 3 is 2.82 bits per heavy atom. The first-order chi connectivity index (χ1) is 8.25. The van der Waals surface area contributed by atoms with Gasteiger partial charge in [-0.15, -0.1) is 0 Å². The van der Waals surface area contributed by atoms with E-state index in [1.54, 1.807) is 12.1 Å². The van der Waals surface area contributed by atoms with E-state index in [0.717, 1.165) is 24.8 Å². The van der Waals surface area contributed by atoms with E-state index in [1.807, 2.05) is 17.8 Å². The van der Waals surface area contributed by atoms with Crippen molar-refractivity contribution in [3.05, 3.63) is 28.2 Å². The molecular formula is C12H15Cl2NOS. The molecule has 0 unspecified atom stereocenters.